The van der Waals surface area contributed by atoms with Crippen molar-refractivity contribution < 1.29 is 4.79 Å². The van der Waals surface area contributed by atoms with Gasteiger partial charge >= 0.3 is 0 Å². The smallest absolute Gasteiger partial charge is 0.270 e. The molecule has 0 saturated carbocycles. The maximum atomic E-state index is 12.5. The fourth-order valence-electron chi connectivity index (χ4n) is 3.48. The van der Waals surface area contributed by atoms with Gasteiger partial charge in [-0.3, -0.25) is 4.79 Å². The molecule has 0 fully saturated rings. The predicted molar refractivity (Wildman–Crippen MR) is 118 cm³/mol. The summed E-state index contributed by atoms with van der Waals surface area (Å²) in [6.07, 6.45) is 2.01. The Labute approximate surface area is 171 Å². The lowest BCUT2D eigenvalue weighted by Gasteiger charge is -2.17. The first-order valence-electron chi connectivity index (χ1n) is 10.2. The second-order valence-corrected chi connectivity index (χ2v) is 7.77. The second-order valence-electron chi connectivity index (χ2n) is 6.91. The number of amides is 1. The minimum Gasteiger partial charge on any atom is -0.351 e. The van der Waals surface area contributed by atoms with E-state index < -0.39 is 0 Å². The van der Waals surface area contributed by atoms with Gasteiger partial charge < -0.3 is 14.8 Å². The Morgan fingerprint density at radius 2 is 2.00 bits per heavy atom. The number of benzene rings is 1. The molecule has 0 spiro atoms. The zero-order valence-electron chi connectivity index (χ0n) is 17.1. The number of hydrogen-bond donors (Lipinski definition) is 1. The number of thiazole rings is 1. The number of para-hydroxylation sites is 1. The van der Waals surface area contributed by atoms with E-state index in [1.807, 2.05) is 5.38 Å². The van der Waals surface area contributed by atoms with Crippen molar-refractivity contribution in [1.29, 1.82) is 0 Å². The van der Waals surface area contributed by atoms with Crippen LogP contribution in [0.1, 0.15) is 44.1 Å². The van der Waals surface area contributed by atoms with E-state index in [0.29, 0.717) is 12.2 Å². The van der Waals surface area contributed by atoms with E-state index in [1.165, 1.54) is 22.2 Å². The van der Waals surface area contributed by atoms with E-state index in [0.717, 1.165) is 49.7 Å². The summed E-state index contributed by atoms with van der Waals surface area (Å²) in [5.74, 6) is -0.0831. The fourth-order valence-corrected chi connectivity index (χ4v) is 4.31. The molecule has 5 nitrogen and oxygen atoms in total. The van der Waals surface area contributed by atoms with Crippen LogP contribution in [0.2, 0.25) is 0 Å². The number of nitrogens with zero attached hydrogens (tertiary/aromatic N) is 3. The number of aryl methyl sites for hydroxylation is 1. The Morgan fingerprint density at radius 3 is 2.75 bits per heavy atom. The van der Waals surface area contributed by atoms with Crippen molar-refractivity contribution in [2.24, 2.45) is 0 Å². The molecule has 28 heavy (non-hydrogen) atoms. The molecule has 2 aromatic heterocycles. The van der Waals surface area contributed by atoms with Crippen molar-refractivity contribution in [1.82, 2.24) is 19.8 Å². The second kappa shape index (κ2) is 9.85. The van der Waals surface area contributed by atoms with Gasteiger partial charge in [0.2, 0.25) is 0 Å². The molecule has 3 aromatic rings. The van der Waals surface area contributed by atoms with Gasteiger partial charge in [0.25, 0.3) is 5.91 Å². The highest BCUT2D eigenvalue weighted by molar-refractivity contribution is 7.13. The molecule has 0 aliphatic carbocycles. The first-order chi connectivity index (χ1) is 13.7. The van der Waals surface area contributed by atoms with Gasteiger partial charge in [-0.1, -0.05) is 39.0 Å². The molecule has 0 aliphatic heterocycles. The highest BCUT2D eigenvalue weighted by Crippen LogP contribution is 2.30. The van der Waals surface area contributed by atoms with Crippen LogP contribution in [0, 0.1) is 0 Å². The first kappa shape index (κ1) is 20.6. The van der Waals surface area contributed by atoms with Crippen LogP contribution in [0.4, 0.5) is 0 Å². The molecular formula is C22H30N4OS. The van der Waals surface area contributed by atoms with Crippen LogP contribution in [0.15, 0.2) is 35.7 Å². The van der Waals surface area contributed by atoms with Gasteiger partial charge in [0.05, 0.1) is 5.69 Å². The Kier molecular flexibility index (Phi) is 7.23. The number of carbonyl (C=O) groups excluding carboxylic acids is 1. The predicted octanol–water partition coefficient (Wildman–Crippen LogP) is 4.64. The SMILES string of the molecule is CCCn1c(-c2nc(C(=O)NCCCN(CC)CC)cs2)cc2ccccc21. The third kappa shape index (κ3) is 4.62. The summed E-state index contributed by atoms with van der Waals surface area (Å²) >= 11 is 1.54. The molecule has 0 radical (unpaired) electrons. The van der Waals surface area contributed by atoms with Crippen LogP contribution < -0.4 is 5.32 Å². The van der Waals surface area contributed by atoms with Gasteiger partial charge in [-0.25, -0.2) is 4.98 Å². The molecule has 0 unspecified atom stereocenters. The van der Waals surface area contributed by atoms with E-state index in [2.05, 4.69) is 70.9 Å². The number of nitrogens with one attached hydrogen (secondary N) is 1. The molecule has 2 heterocycles. The molecule has 0 atom stereocenters. The fraction of sp³-hybridized carbons (Fsp3) is 0.455. The maximum Gasteiger partial charge on any atom is 0.270 e. The maximum absolute atomic E-state index is 12.5. The molecule has 0 bridgehead atoms. The van der Waals surface area contributed by atoms with Gasteiger partial charge in [0.1, 0.15) is 10.7 Å². The van der Waals surface area contributed by atoms with Crippen LogP contribution >= 0.6 is 11.3 Å². The summed E-state index contributed by atoms with van der Waals surface area (Å²) in [6, 6.07) is 10.6. The average Bonchev–Trinajstić information content (AvgIpc) is 3.34. The summed E-state index contributed by atoms with van der Waals surface area (Å²) in [5, 5.41) is 6.98. The molecule has 1 amide bonds. The van der Waals surface area contributed by atoms with Crippen molar-refractivity contribution in [3.8, 4) is 10.7 Å². The van der Waals surface area contributed by atoms with Gasteiger partial charge in [0, 0.05) is 29.4 Å². The van der Waals surface area contributed by atoms with Gasteiger partial charge in [-0.2, -0.15) is 0 Å². The minimum absolute atomic E-state index is 0.0831. The summed E-state index contributed by atoms with van der Waals surface area (Å²) in [5.41, 5.74) is 2.82. The van der Waals surface area contributed by atoms with E-state index in [-0.39, 0.29) is 5.91 Å². The van der Waals surface area contributed by atoms with Crippen molar-refractivity contribution in [3.05, 3.63) is 41.4 Å². The zero-order valence-corrected chi connectivity index (χ0v) is 17.9. The van der Waals surface area contributed by atoms with Gasteiger partial charge in [0.15, 0.2) is 0 Å². The zero-order chi connectivity index (χ0) is 19.9. The molecular weight excluding hydrogens is 368 g/mol. The molecule has 150 valence electrons. The number of rotatable bonds is 10. The molecule has 3 rings (SSSR count). The largest absolute Gasteiger partial charge is 0.351 e. The monoisotopic (exact) mass is 398 g/mol. The van der Waals surface area contributed by atoms with E-state index in [4.69, 9.17) is 0 Å². The Morgan fingerprint density at radius 1 is 1.21 bits per heavy atom. The Hall–Kier alpha value is -2.18. The molecule has 0 aliphatic rings. The number of fused-ring (bicyclic) bond motifs is 1. The minimum atomic E-state index is -0.0831. The van der Waals surface area contributed by atoms with Crippen molar-refractivity contribution >= 4 is 28.1 Å². The number of carbonyl (C=O) groups is 1. The lowest BCUT2D eigenvalue weighted by Crippen LogP contribution is -2.30. The van der Waals surface area contributed by atoms with Crippen molar-refractivity contribution in [2.45, 2.75) is 40.2 Å². The van der Waals surface area contributed by atoms with E-state index in [1.54, 1.807) is 0 Å². The number of hydrogen-bond acceptors (Lipinski definition) is 4. The Balaban J connectivity index is 1.69. The van der Waals surface area contributed by atoms with E-state index >= 15 is 0 Å². The lowest BCUT2D eigenvalue weighted by molar-refractivity contribution is 0.0947. The van der Waals surface area contributed by atoms with Crippen molar-refractivity contribution in [2.75, 3.05) is 26.2 Å². The molecule has 6 heteroatoms. The third-order valence-electron chi connectivity index (χ3n) is 5.04. The lowest BCUT2D eigenvalue weighted by atomic mass is 10.2. The average molecular weight is 399 g/mol. The summed E-state index contributed by atoms with van der Waals surface area (Å²) < 4.78 is 2.31. The van der Waals surface area contributed by atoms with Crippen LogP contribution in [-0.4, -0.2) is 46.5 Å². The van der Waals surface area contributed by atoms with E-state index in [9.17, 15) is 4.79 Å². The highest BCUT2D eigenvalue weighted by atomic mass is 32.1. The normalized spacial score (nSPS) is 11.4. The van der Waals surface area contributed by atoms with Gasteiger partial charge in [-0.05, 0) is 44.6 Å². The molecule has 0 saturated heterocycles. The Bertz CT molecular complexity index is 910. The van der Waals surface area contributed by atoms with Crippen LogP contribution in [0.3, 0.4) is 0 Å². The standard InChI is InChI=1S/C22H30N4OS/c1-4-13-26-19-11-8-7-10-17(19)15-20(26)22-24-18(16-28-22)21(27)23-12-9-14-25(5-2)6-3/h7-8,10-11,15-16H,4-6,9,12-14H2,1-3H3,(H,23,27). The summed E-state index contributed by atoms with van der Waals surface area (Å²) in [6.45, 7) is 11.2. The van der Waals surface area contributed by atoms with Crippen LogP contribution in [-0.2, 0) is 6.54 Å². The summed E-state index contributed by atoms with van der Waals surface area (Å²) in [7, 11) is 0. The van der Waals surface area contributed by atoms with Crippen LogP contribution in [0.5, 0.6) is 0 Å². The highest BCUT2D eigenvalue weighted by Gasteiger charge is 2.16. The summed E-state index contributed by atoms with van der Waals surface area (Å²) in [4.78, 5) is 19.5. The third-order valence-corrected chi connectivity index (χ3v) is 5.91. The molecule has 1 aromatic carbocycles. The number of aromatic nitrogens is 2. The quantitative estimate of drug-likeness (QED) is 0.506. The van der Waals surface area contributed by atoms with Gasteiger partial charge in [-0.15, -0.1) is 11.3 Å². The van der Waals surface area contributed by atoms with Crippen molar-refractivity contribution in [3.63, 3.8) is 0 Å². The molecule has 1 N–H and O–H groups in total. The first-order valence-corrected chi connectivity index (χ1v) is 11.1. The topological polar surface area (TPSA) is 50.2 Å². The van der Waals surface area contributed by atoms with Crippen LogP contribution in [0.25, 0.3) is 21.6 Å².